The van der Waals surface area contributed by atoms with Crippen molar-refractivity contribution in [2.75, 3.05) is 13.1 Å². The Hall–Kier alpha value is -0.570. The van der Waals surface area contributed by atoms with Crippen LogP contribution in [0.1, 0.15) is 27.2 Å². The van der Waals surface area contributed by atoms with Gasteiger partial charge < -0.3 is 5.73 Å². The molecule has 0 radical (unpaired) electrons. The third kappa shape index (κ3) is 3.72. The van der Waals surface area contributed by atoms with E-state index in [9.17, 15) is 0 Å². The van der Waals surface area contributed by atoms with Gasteiger partial charge in [-0.25, -0.2) is 0 Å². The molecule has 0 fully saturated rings. The van der Waals surface area contributed by atoms with Gasteiger partial charge in [-0.2, -0.15) is 5.10 Å². The molecule has 0 aromatic rings. The third-order valence-corrected chi connectivity index (χ3v) is 2.27. The van der Waals surface area contributed by atoms with Crippen LogP contribution in [0.4, 0.5) is 0 Å². The SMILES string of the molecule is C=NN(CC)CC(C)C(N)CC. The average Bonchev–Trinajstić information content (AvgIpc) is 2.12. The summed E-state index contributed by atoms with van der Waals surface area (Å²) in [5, 5.41) is 5.84. The van der Waals surface area contributed by atoms with Crippen LogP contribution in [0.25, 0.3) is 0 Å². The predicted octanol–water partition coefficient (Wildman–Crippen LogP) is 1.30. The van der Waals surface area contributed by atoms with Crippen LogP contribution in [-0.2, 0) is 0 Å². The predicted molar refractivity (Wildman–Crippen MR) is 54.2 cm³/mol. The van der Waals surface area contributed by atoms with Crippen molar-refractivity contribution >= 4 is 6.72 Å². The molecule has 0 aliphatic carbocycles. The van der Waals surface area contributed by atoms with Crippen LogP contribution in [0.15, 0.2) is 5.10 Å². The van der Waals surface area contributed by atoms with E-state index in [2.05, 4.69) is 32.6 Å². The van der Waals surface area contributed by atoms with Crippen molar-refractivity contribution in [1.29, 1.82) is 0 Å². The molecule has 3 nitrogen and oxygen atoms in total. The van der Waals surface area contributed by atoms with Crippen molar-refractivity contribution in [3.05, 3.63) is 0 Å². The number of nitrogens with two attached hydrogens (primary N) is 1. The standard InChI is InChI=1S/C9H21N3/c1-5-9(10)8(3)7-12(6-2)11-4/h8-9H,4-7,10H2,1-3H3. The van der Waals surface area contributed by atoms with Gasteiger partial charge in [0, 0.05) is 25.8 Å². The minimum absolute atomic E-state index is 0.279. The molecule has 0 aliphatic rings. The van der Waals surface area contributed by atoms with Gasteiger partial charge in [0.1, 0.15) is 0 Å². The van der Waals surface area contributed by atoms with Gasteiger partial charge in [0.25, 0.3) is 0 Å². The van der Waals surface area contributed by atoms with Crippen LogP contribution in [0.2, 0.25) is 0 Å². The molecule has 2 atom stereocenters. The van der Waals surface area contributed by atoms with Crippen LogP contribution in [-0.4, -0.2) is 30.9 Å². The highest BCUT2D eigenvalue weighted by molar-refractivity contribution is 5.22. The summed E-state index contributed by atoms with van der Waals surface area (Å²) < 4.78 is 0. The fraction of sp³-hybridized carbons (Fsp3) is 0.889. The Balaban J connectivity index is 3.79. The zero-order valence-electron chi connectivity index (χ0n) is 8.45. The average molecular weight is 171 g/mol. The number of hydrogen-bond acceptors (Lipinski definition) is 3. The molecule has 0 aromatic carbocycles. The molecule has 0 amide bonds. The zero-order valence-corrected chi connectivity index (χ0v) is 8.45. The first-order valence-corrected chi connectivity index (χ1v) is 4.62. The van der Waals surface area contributed by atoms with Gasteiger partial charge in [-0.3, -0.25) is 5.01 Å². The second-order valence-corrected chi connectivity index (χ2v) is 3.20. The number of hydrazone groups is 1. The van der Waals surface area contributed by atoms with Crippen LogP contribution in [0, 0.1) is 5.92 Å². The topological polar surface area (TPSA) is 41.6 Å². The van der Waals surface area contributed by atoms with E-state index in [0.717, 1.165) is 19.5 Å². The highest BCUT2D eigenvalue weighted by atomic mass is 15.4. The van der Waals surface area contributed by atoms with Gasteiger partial charge in [-0.05, 0) is 19.3 Å². The van der Waals surface area contributed by atoms with Gasteiger partial charge in [-0.1, -0.05) is 13.8 Å². The highest BCUT2D eigenvalue weighted by Gasteiger charge is 2.12. The molecule has 0 spiro atoms. The molecule has 0 saturated carbocycles. The van der Waals surface area contributed by atoms with Crippen molar-refractivity contribution in [2.45, 2.75) is 33.2 Å². The van der Waals surface area contributed by atoms with Crippen LogP contribution >= 0.6 is 0 Å². The van der Waals surface area contributed by atoms with Gasteiger partial charge in [-0.15, -0.1) is 0 Å². The second kappa shape index (κ2) is 6.00. The molecule has 0 saturated heterocycles. The van der Waals surface area contributed by atoms with Gasteiger partial charge >= 0.3 is 0 Å². The molecule has 0 bridgehead atoms. The summed E-state index contributed by atoms with van der Waals surface area (Å²) in [7, 11) is 0. The third-order valence-electron chi connectivity index (χ3n) is 2.27. The summed E-state index contributed by atoms with van der Waals surface area (Å²) in [5.41, 5.74) is 5.89. The molecule has 72 valence electrons. The summed E-state index contributed by atoms with van der Waals surface area (Å²) in [6, 6.07) is 0.279. The van der Waals surface area contributed by atoms with Crippen LogP contribution < -0.4 is 5.73 Å². The van der Waals surface area contributed by atoms with E-state index in [0.29, 0.717) is 5.92 Å². The molecular weight excluding hydrogens is 150 g/mol. The highest BCUT2D eigenvalue weighted by Crippen LogP contribution is 2.06. The zero-order chi connectivity index (χ0) is 9.56. The Morgan fingerprint density at radius 3 is 2.42 bits per heavy atom. The summed E-state index contributed by atoms with van der Waals surface area (Å²) in [4.78, 5) is 0. The Morgan fingerprint density at radius 1 is 1.50 bits per heavy atom. The number of nitrogens with zero attached hydrogens (tertiary/aromatic N) is 2. The van der Waals surface area contributed by atoms with E-state index in [1.165, 1.54) is 0 Å². The summed E-state index contributed by atoms with van der Waals surface area (Å²) in [5.74, 6) is 0.487. The van der Waals surface area contributed by atoms with E-state index in [4.69, 9.17) is 5.73 Å². The van der Waals surface area contributed by atoms with Crippen molar-refractivity contribution < 1.29 is 0 Å². The smallest absolute Gasteiger partial charge is 0.0400 e. The maximum absolute atomic E-state index is 5.89. The molecule has 2 N–H and O–H groups in total. The number of hydrogen-bond donors (Lipinski definition) is 1. The van der Waals surface area contributed by atoms with Gasteiger partial charge in [0.05, 0.1) is 0 Å². The van der Waals surface area contributed by atoms with Crippen molar-refractivity contribution in [2.24, 2.45) is 16.8 Å². The fourth-order valence-corrected chi connectivity index (χ4v) is 1.16. The summed E-state index contributed by atoms with van der Waals surface area (Å²) in [6.45, 7) is 11.7. The van der Waals surface area contributed by atoms with Gasteiger partial charge in [0.15, 0.2) is 0 Å². The van der Waals surface area contributed by atoms with Crippen LogP contribution in [0.3, 0.4) is 0 Å². The van der Waals surface area contributed by atoms with Crippen molar-refractivity contribution in [3.63, 3.8) is 0 Å². The molecule has 0 rings (SSSR count). The minimum Gasteiger partial charge on any atom is -0.327 e. The first-order valence-electron chi connectivity index (χ1n) is 4.62. The molecule has 0 aliphatic heterocycles. The lowest BCUT2D eigenvalue weighted by molar-refractivity contribution is 0.241. The first kappa shape index (κ1) is 11.4. The molecule has 12 heavy (non-hydrogen) atoms. The van der Waals surface area contributed by atoms with E-state index < -0.39 is 0 Å². The molecule has 2 unspecified atom stereocenters. The molecule has 3 heteroatoms. The quantitative estimate of drug-likeness (QED) is 0.483. The monoisotopic (exact) mass is 171 g/mol. The van der Waals surface area contributed by atoms with Gasteiger partial charge in [0.2, 0.25) is 0 Å². The minimum atomic E-state index is 0.279. The second-order valence-electron chi connectivity index (χ2n) is 3.20. The summed E-state index contributed by atoms with van der Waals surface area (Å²) in [6.07, 6.45) is 1.02. The first-order chi connectivity index (χ1) is 5.65. The summed E-state index contributed by atoms with van der Waals surface area (Å²) >= 11 is 0. The Morgan fingerprint density at radius 2 is 2.08 bits per heavy atom. The molecule has 0 heterocycles. The Kier molecular flexibility index (Phi) is 5.72. The molecular formula is C9H21N3. The van der Waals surface area contributed by atoms with E-state index in [-0.39, 0.29) is 6.04 Å². The van der Waals surface area contributed by atoms with E-state index >= 15 is 0 Å². The normalized spacial score (nSPS) is 15.3. The number of rotatable bonds is 6. The van der Waals surface area contributed by atoms with Crippen LogP contribution in [0.5, 0.6) is 0 Å². The lowest BCUT2D eigenvalue weighted by atomic mass is 10.0. The Labute approximate surface area is 75.6 Å². The maximum Gasteiger partial charge on any atom is 0.0400 e. The Bertz CT molecular complexity index is 125. The van der Waals surface area contributed by atoms with E-state index in [1.807, 2.05) is 5.01 Å². The van der Waals surface area contributed by atoms with E-state index in [1.54, 1.807) is 0 Å². The van der Waals surface area contributed by atoms with Crippen molar-refractivity contribution in [3.8, 4) is 0 Å². The lowest BCUT2D eigenvalue weighted by Crippen LogP contribution is -2.35. The maximum atomic E-state index is 5.89. The molecule has 0 aromatic heterocycles. The largest absolute Gasteiger partial charge is 0.327 e. The van der Waals surface area contributed by atoms with Crippen molar-refractivity contribution in [1.82, 2.24) is 5.01 Å². The fourth-order valence-electron chi connectivity index (χ4n) is 1.16. The lowest BCUT2D eigenvalue weighted by Gasteiger charge is -2.24.